The molecule has 0 atom stereocenters. The first-order chi connectivity index (χ1) is 12.8. The minimum absolute atomic E-state index is 0.497. The van der Waals surface area contributed by atoms with Gasteiger partial charge >= 0.3 is 0 Å². The van der Waals surface area contributed by atoms with Gasteiger partial charge in [-0.15, -0.1) is 5.10 Å². The largest absolute Gasteiger partial charge is 0.303 e. The first-order valence-electron chi connectivity index (χ1n) is 10.3. The molecule has 0 spiro atoms. The van der Waals surface area contributed by atoms with Gasteiger partial charge in [0.25, 0.3) is 0 Å². The van der Waals surface area contributed by atoms with Crippen LogP contribution < -0.4 is 0 Å². The molecule has 0 amide bonds. The molecule has 1 aromatic heterocycles. The first kappa shape index (κ1) is 17.7. The molecular weight excluding hydrogens is 322 g/mol. The molecule has 0 saturated carbocycles. The molecule has 4 rings (SSSR count). The van der Waals surface area contributed by atoms with Crippen LogP contribution >= 0.6 is 0 Å². The van der Waals surface area contributed by atoms with Crippen LogP contribution in [0.5, 0.6) is 0 Å². The molecule has 0 bridgehead atoms. The highest BCUT2D eigenvalue weighted by molar-refractivity contribution is 5.57. The Labute approximate surface area is 157 Å². The topological polar surface area (TPSA) is 37.2 Å². The zero-order chi connectivity index (χ0) is 17.8. The predicted octanol–water partition coefficient (Wildman–Crippen LogP) is 3.46. The van der Waals surface area contributed by atoms with E-state index in [2.05, 4.69) is 62.2 Å². The van der Waals surface area contributed by atoms with Crippen LogP contribution in [0.2, 0.25) is 0 Å². The predicted molar refractivity (Wildman–Crippen MR) is 105 cm³/mol. The molecule has 0 radical (unpaired) electrons. The molecule has 3 heterocycles. The number of rotatable bonds is 5. The van der Waals surface area contributed by atoms with Gasteiger partial charge in [0.05, 0.1) is 12.2 Å². The first-order valence-corrected chi connectivity index (χ1v) is 10.3. The summed E-state index contributed by atoms with van der Waals surface area (Å²) in [5.74, 6) is 0. The normalized spacial score (nSPS) is 21.3. The summed E-state index contributed by atoms with van der Waals surface area (Å²) in [6.07, 6.45) is 8.45. The van der Waals surface area contributed by atoms with Crippen LogP contribution in [0.25, 0.3) is 11.3 Å². The van der Waals surface area contributed by atoms with Crippen molar-refractivity contribution in [3.63, 3.8) is 0 Å². The number of hydrogen-bond acceptors (Lipinski definition) is 4. The van der Waals surface area contributed by atoms with Crippen molar-refractivity contribution < 1.29 is 0 Å². The average molecular weight is 354 g/mol. The molecular formula is C21H31N5. The van der Waals surface area contributed by atoms with Gasteiger partial charge in [0.15, 0.2) is 0 Å². The molecule has 2 aromatic rings. The minimum Gasteiger partial charge on any atom is -0.303 e. The van der Waals surface area contributed by atoms with Crippen LogP contribution in [0, 0.1) is 0 Å². The summed E-state index contributed by atoms with van der Waals surface area (Å²) >= 11 is 0. The summed E-state index contributed by atoms with van der Waals surface area (Å²) in [5.41, 5.74) is 2.13. The van der Waals surface area contributed by atoms with Crippen LogP contribution in [0.3, 0.4) is 0 Å². The Morgan fingerprint density at radius 2 is 1.62 bits per heavy atom. The van der Waals surface area contributed by atoms with Gasteiger partial charge < -0.3 is 9.80 Å². The van der Waals surface area contributed by atoms with Crippen molar-refractivity contribution >= 4 is 0 Å². The van der Waals surface area contributed by atoms with Gasteiger partial charge in [0.2, 0.25) is 0 Å². The highest BCUT2D eigenvalue weighted by atomic mass is 15.4. The third-order valence-corrected chi connectivity index (χ3v) is 6.07. The lowest BCUT2D eigenvalue weighted by Crippen LogP contribution is -2.48. The van der Waals surface area contributed by atoms with E-state index in [1.165, 1.54) is 64.8 Å². The maximum absolute atomic E-state index is 4.43. The van der Waals surface area contributed by atoms with Crippen molar-refractivity contribution in [2.24, 2.45) is 0 Å². The molecule has 0 unspecified atom stereocenters. The third kappa shape index (κ3) is 3.99. The van der Waals surface area contributed by atoms with Crippen molar-refractivity contribution in [1.29, 1.82) is 0 Å². The highest BCUT2D eigenvalue weighted by Crippen LogP contribution is 2.27. The molecule has 2 aliphatic rings. The molecule has 2 saturated heterocycles. The van der Waals surface area contributed by atoms with Gasteiger partial charge in [-0.25, -0.2) is 4.68 Å². The second-order valence-electron chi connectivity index (χ2n) is 7.79. The monoisotopic (exact) mass is 353 g/mol. The fourth-order valence-electron chi connectivity index (χ4n) is 4.54. The van der Waals surface area contributed by atoms with E-state index in [0.29, 0.717) is 6.04 Å². The molecule has 5 heteroatoms. The van der Waals surface area contributed by atoms with E-state index in [1.807, 2.05) is 6.07 Å². The van der Waals surface area contributed by atoms with Gasteiger partial charge in [0.1, 0.15) is 5.69 Å². The Bertz CT molecular complexity index is 667. The Hall–Kier alpha value is -1.72. The average Bonchev–Trinajstić information content (AvgIpc) is 3.20. The SMILES string of the molecule is CCCN1CCC(N2CCC(n3cc(-c4ccccc4)nn3)CC2)CC1. The van der Waals surface area contributed by atoms with Gasteiger partial charge in [0, 0.05) is 24.7 Å². The number of hydrogen-bond donors (Lipinski definition) is 0. The van der Waals surface area contributed by atoms with Crippen molar-refractivity contribution in [1.82, 2.24) is 24.8 Å². The molecule has 26 heavy (non-hydrogen) atoms. The van der Waals surface area contributed by atoms with Gasteiger partial charge in [-0.1, -0.05) is 42.5 Å². The standard InChI is InChI=1S/C21H31N5/c1-2-12-24-13-8-19(9-14-24)25-15-10-20(11-16-25)26-17-21(22-23-26)18-6-4-3-5-7-18/h3-7,17,19-20H,2,8-16H2,1H3. The number of piperidine rings is 2. The van der Waals surface area contributed by atoms with Gasteiger partial charge in [-0.3, -0.25) is 0 Å². The molecule has 2 aliphatic heterocycles. The Morgan fingerprint density at radius 3 is 2.31 bits per heavy atom. The fourth-order valence-corrected chi connectivity index (χ4v) is 4.54. The Kier molecular flexibility index (Phi) is 5.65. The number of likely N-dealkylation sites (tertiary alicyclic amines) is 2. The van der Waals surface area contributed by atoms with Crippen molar-refractivity contribution in [2.45, 2.75) is 51.1 Å². The van der Waals surface area contributed by atoms with Crippen LogP contribution in [0.1, 0.15) is 45.1 Å². The van der Waals surface area contributed by atoms with Crippen molar-refractivity contribution in [3.8, 4) is 11.3 Å². The van der Waals surface area contributed by atoms with Gasteiger partial charge in [-0.2, -0.15) is 0 Å². The van der Waals surface area contributed by atoms with Crippen LogP contribution in [-0.4, -0.2) is 63.6 Å². The molecule has 1 aromatic carbocycles. The second kappa shape index (κ2) is 8.31. The Morgan fingerprint density at radius 1 is 0.923 bits per heavy atom. The van der Waals surface area contributed by atoms with Gasteiger partial charge in [-0.05, 0) is 51.7 Å². The minimum atomic E-state index is 0.497. The second-order valence-corrected chi connectivity index (χ2v) is 7.79. The zero-order valence-corrected chi connectivity index (χ0v) is 15.9. The van der Waals surface area contributed by atoms with E-state index in [4.69, 9.17) is 0 Å². The summed E-state index contributed by atoms with van der Waals surface area (Å²) < 4.78 is 2.10. The third-order valence-electron chi connectivity index (χ3n) is 6.07. The van der Waals surface area contributed by atoms with E-state index in [-0.39, 0.29) is 0 Å². The Balaban J connectivity index is 1.30. The lowest BCUT2D eigenvalue weighted by atomic mass is 9.98. The molecule has 140 valence electrons. The fraction of sp³-hybridized carbons (Fsp3) is 0.619. The number of aromatic nitrogens is 3. The lowest BCUT2D eigenvalue weighted by molar-refractivity contribution is 0.0771. The molecule has 0 N–H and O–H groups in total. The maximum atomic E-state index is 4.43. The van der Waals surface area contributed by atoms with E-state index >= 15 is 0 Å². The number of benzene rings is 1. The van der Waals surface area contributed by atoms with E-state index in [0.717, 1.165) is 17.3 Å². The summed E-state index contributed by atoms with van der Waals surface area (Å²) in [7, 11) is 0. The lowest BCUT2D eigenvalue weighted by Gasteiger charge is -2.41. The van der Waals surface area contributed by atoms with E-state index < -0.39 is 0 Å². The molecule has 0 aliphatic carbocycles. The summed E-state index contributed by atoms with van der Waals surface area (Å²) in [4.78, 5) is 5.36. The van der Waals surface area contributed by atoms with Crippen LogP contribution in [0.15, 0.2) is 36.5 Å². The maximum Gasteiger partial charge on any atom is 0.113 e. The summed E-state index contributed by atoms with van der Waals surface area (Å²) in [5, 5.41) is 8.82. The zero-order valence-electron chi connectivity index (χ0n) is 15.9. The van der Waals surface area contributed by atoms with Crippen LogP contribution in [-0.2, 0) is 0 Å². The number of nitrogens with zero attached hydrogens (tertiary/aromatic N) is 5. The quantitative estimate of drug-likeness (QED) is 0.825. The van der Waals surface area contributed by atoms with Crippen molar-refractivity contribution in [2.75, 3.05) is 32.7 Å². The highest BCUT2D eigenvalue weighted by Gasteiger charge is 2.29. The molecule has 5 nitrogen and oxygen atoms in total. The smallest absolute Gasteiger partial charge is 0.113 e. The van der Waals surface area contributed by atoms with Crippen molar-refractivity contribution in [3.05, 3.63) is 36.5 Å². The van der Waals surface area contributed by atoms with E-state index in [9.17, 15) is 0 Å². The molecule has 2 fully saturated rings. The van der Waals surface area contributed by atoms with Crippen LogP contribution in [0.4, 0.5) is 0 Å². The summed E-state index contributed by atoms with van der Waals surface area (Å²) in [6, 6.07) is 11.6. The summed E-state index contributed by atoms with van der Waals surface area (Å²) in [6.45, 7) is 8.51. The van der Waals surface area contributed by atoms with E-state index in [1.54, 1.807) is 0 Å².